The Morgan fingerprint density at radius 2 is 0.860 bits per heavy atom. The van der Waals surface area contributed by atoms with E-state index in [1.807, 2.05) is 0 Å². The Morgan fingerprint density at radius 3 is 1.28 bits per heavy atom. The fraction of sp³-hybridized carbons (Fsp3) is 0.453. The maximum Gasteiger partial charge on any atom is 0.510 e. The molecule has 8 aliphatic rings. The lowest BCUT2D eigenvalue weighted by Crippen LogP contribution is -2.51. The number of nitrogens with zero attached hydrogens (tertiary/aromatic N) is 8. The third-order valence-electron chi connectivity index (χ3n) is 26.4. The fourth-order valence-corrected chi connectivity index (χ4v) is 22.8. The lowest BCUT2D eigenvalue weighted by molar-refractivity contribution is -0.0802. The molecule has 0 spiro atoms. The summed E-state index contributed by atoms with van der Waals surface area (Å²) >= 11 is 6.68. The first-order valence-electron chi connectivity index (χ1n) is 45.3. The third kappa shape index (κ3) is 23.9. The van der Waals surface area contributed by atoms with Crippen LogP contribution in [0.1, 0.15) is 153 Å². The van der Waals surface area contributed by atoms with Crippen molar-refractivity contribution in [3.05, 3.63) is 167 Å². The van der Waals surface area contributed by atoms with Gasteiger partial charge >= 0.3 is 109 Å². The second-order valence-electron chi connectivity index (χ2n) is 37.0. The van der Waals surface area contributed by atoms with Gasteiger partial charge in [0.25, 0.3) is 0 Å². The van der Waals surface area contributed by atoms with Crippen LogP contribution >= 0.6 is 57.2 Å². The highest BCUT2D eigenvalue weighted by atomic mass is 35.5. The van der Waals surface area contributed by atoms with Crippen molar-refractivity contribution in [3.8, 4) is 11.5 Å². The van der Waals surface area contributed by atoms with Gasteiger partial charge in [-0.05, 0) is 146 Å². The van der Waals surface area contributed by atoms with Gasteiger partial charge in [-0.1, -0.05) is 11.6 Å². The summed E-state index contributed by atoms with van der Waals surface area (Å²) < 4.78 is 198. The summed E-state index contributed by atoms with van der Waals surface area (Å²) in [6, 6.07) is 11.5. The number of hydrogen-bond donors (Lipinski definition) is 18. The van der Waals surface area contributed by atoms with Gasteiger partial charge in [-0.25, -0.2) is 60.3 Å². The van der Waals surface area contributed by atoms with Gasteiger partial charge in [0.05, 0.1) is 75.1 Å². The van der Waals surface area contributed by atoms with E-state index in [0.717, 1.165) is 59.0 Å². The van der Waals surface area contributed by atoms with Gasteiger partial charge in [0, 0.05) is 118 Å². The molecule has 3 aliphatic carbocycles. The second kappa shape index (κ2) is 42.7. The number of nitrogens with one attached hydrogen (secondary N) is 1. The average Bonchev–Trinajstić information content (AvgIpc) is 1.33. The summed E-state index contributed by atoms with van der Waals surface area (Å²) in [6.45, 7) is -1.32. The summed E-state index contributed by atoms with van der Waals surface area (Å²) in [6.07, 6.45) is -0.115. The van der Waals surface area contributed by atoms with Crippen molar-refractivity contribution in [2.75, 3.05) is 103 Å². The van der Waals surface area contributed by atoms with E-state index in [1.165, 1.54) is 58.7 Å². The Kier molecular flexibility index (Phi) is 32.4. The molecule has 816 valence electrons. The van der Waals surface area contributed by atoms with Crippen LogP contribution < -0.4 is 55.6 Å². The Bertz CT molecular complexity index is 7220. The number of benzene rings is 5. The molecule has 3 aromatic heterocycles. The number of aromatic nitrogens is 3. The van der Waals surface area contributed by atoms with Crippen LogP contribution in [0.2, 0.25) is 5.02 Å². The predicted octanol–water partition coefficient (Wildman–Crippen LogP) is 9.40. The Hall–Kier alpha value is -11.8. The number of ether oxygens (including phenoxy) is 9. The summed E-state index contributed by atoms with van der Waals surface area (Å²) in [4.78, 5) is 256. The van der Waals surface area contributed by atoms with Gasteiger partial charge in [-0.2, -0.15) is 0 Å². The van der Waals surface area contributed by atoms with Crippen molar-refractivity contribution in [3.63, 3.8) is 0 Å². The van der Waals surface area contributed by atoms with Crippen LogP contribution in [0.25, 0.3) is 32.7 Å². The van der Waals surface area contributed by atoms with Crippen molar-refractivity contribution in [1.29, 1.82) is 0 Å². The molecule has 5 aromatic carbocycles. The molecular weight excluding hydrogens is 2160 g/mol. The molecule has 150 heavy (non-hydrogen) atoms. The SMILES string of the molecule is CC(OC(=O)N[C@@H]1CCCCN(c2c(F)cc3c(=O)c(C(=O)O)cn(C4CC4)c3c2Cl)C1)(P(=O)(O)O)P(=O)(O)O.CC(OC(=O)OC1(COc2ccc(N3C[C@H](CO)OC3=O)cc2F)CCN(c2cc3c(cc2F)c(=O)c(C(=O)O)cn3C2CC2)CC1)(P(=O)(O)O)P(=O)(O)O.CC(OC(=O)OC[C@H]1CN(c2ccc(OCC3(O)CCN(c4cc5c(cc4F)c(=O)c(C(=O)O)cn5C4CC4)CC3)c(F)c2)C(=O)O1)(P(=O)(O)O)P(=O)(O)O. The van der Waals surface area contributed by atoms with Gasteiger partial charge < -0.3 is 161 Å². The molecule has 5 saturated heterocycles. The quantitative estimate of drug-likeness (QED) is 0.00832. The molecule has 52 nitrogen and oxygen atoms in total. The number of halogens is 6. The number of hydrogen-bond acceptors (Lipinski definition) is 31. The van der Waals surface area contributed by atoms with Crippen molar-refractivity contribution in [1.82, 2.24) is 19.0 Å². The normalized spacial score (nSPS) is 19.0. The fourth-order valence-electron chi connectivity index (χ4n) is 17.1. The van der Waals surface area contributed by atoms with E-state index in [-0.39, 0.29) is 169 Å². The molecule has 0 radical (unpaired) electrons. The zero-order valence-electron chi connectivity index (χ0n) is 78.5. The predicted molar refractivity (Wildman–Crippen MR) is 509 cm³/mol. The molecule has 8 fully saturated rings. The number of aromatic carboxylic acids is 3. The number of carbonyl (C=O) groups is 8. The zero-order valence-corrected chi connectivity index (χ0v) is 84.6. The number of piperidine rings is 2. The Morgan fingerprint density at radius 1 is 0.467 bits per heavy atom. The number of aliphatic hydroxyl groups is 2. The molecule has 64 heteroatoms. The molecule has 8 aromatic rings. The number of fused-ring (bicyclic) bond motifs is 3. The number of amides is 3. The highest BCUT2D eigenvalue weighted by Gasteiger charge is 2.64. The van der Waals surface area contributed by atoms with Gasteiger partial charge in [0.1, 0.15) is 65.7 Å². The van der Waals surface area contributed by atoms with Crippen LogP contribution in [0.4, 0.5) is 74.4 Å². The van der Waals surface area contributed by atoms with Crippen molar-refractivity contribution in [2.24, 2.45) is 0 Å². The van der Waals surface area contributed by atoms with E-state index < -0.39 is 226 Å². The molecule has 5 aliphatic heterocycles. The van der Waals surface area contributed by atoms with E-state index in [4.69, 9.17) is 35.3 Å². The number of aliphatic hydroxyl groups excluding tert-OH is 1. The first kappa shape index (κ1) is 114. The van der Waals surface area contributed by atoms with E-state index in [1.54, 1.807) is 18.6 Å². The van der Waals surface area contributed by atoms with Crippen LogP contribution in [0.5, 0.6) is 11.5 Å². The number of anilines is 5. The van der Waals surface area contributed by atoms with E-state index in [2.05, 4.69) is 24.3 Å². The lowest BCUT2D eigenvalue weighted by atomic mass is 9.91. The van der Waals surface area contributed by atoms with Gasteiger partial charge in [0.15, 0.2) is 34.8 Å². The Balaban J connectivity index is 0.000000180. The summed E-state index contributed by atoms with van der Waals surface area (Å²) in [7, 11) is -34.4. The van der Waals surface area contributed by atoms with Crippen molar-refractivity contribution in [2.45, 2.75) is 167 Å². The number of carbonyl (C=O) groups excluding carboxylic acids is 5. The molecule has 0 bridgehead atoms. The topological polar surface area (TPSA) is 760 Å². The van der Waals surface area contributed by atoms with Crippen molar-refractivity contribution < 1.29 is 215 Å². The van der Waals surface area contributed by atoms with Crippen molar-refractivity contribution >= 4 is 167 Å². The molecule has 3 saturated carbocycles. The highest BCUT2D eigenvalue weighted by Crippen LogP contribution is 2.72. The maximum atomic E-state index is 15.7. The summed E-state index contributed by atoms with van der Waals surface area (Å²) in [5, 5.41) is 40.2. The second-order valence-corrected chi connectivity index (χ2v) is 50.0. The smallest absolute Gasteiger partial charge is 0.488 e. The van der Waals surface area contributed by atoms with E-state index in [0.29, 0.717) is 71.2 Å². The summed E-state index contributed by atoms with van der Waals surface area (Å²) in [5.41, 5.74) is -6.36. The van der Waals surface area contributed by atoms with Crippen LogP contribution in [0.3, 0.4) is 0 Å². The standard InChI is InChI=1S/2C32H35F2N3O16P2.C22H27ClFN3O11P2/c1-31(54(44,45)46,55(47,48)49)53-30(42)50-15-19-13-37(29(41)52-19)18-4-5-26(23(34)10-18)51-16-32(43)6-8-35(9-7-32)25-12-24-20(11-22(25)33)27(38)21(28(39)40)14-36(24)17-2-3-17;1-31(54(44,45)46,55(47,48)49)52-30(43)53-32(16-50-26-5-4-18(10-23(26)34)37-13-19(15-38)51-29(37)42)6-8-35(9-7-32)25-12-24-20(11-22(25)33)27(39)21(28(40)41)14-36(24)17-2-3-17;1-22(39(32,33)34,40(35,36)37)38-21(31)25-11-4-2-3-7-26(9-11)18-15(24)8-13-17(16(18)23)27(12-5-6-12)10-14(19(13)28)20(29)30/h4-5,10-12,14,17,19,43H,2-3,6-9,13,15-16H2,1H3,(H,39,40)(H2,44,45,46)(H2,47,48,49);4-5,10-12,14,17,19,38H,2-3,6-9,13,15-16H2,1H3,(H,40,41)(H2,44,45,46)(H2,47,48,49);8,10-12H,2-7,9H2,1H3,(H,25,31)(H,29,30)(H2,32,33,34)(H2,35,36,37)/t2*19-;11-/m111/s1. The van der Waals surface area contributed by atoms with Crippen LogP contribution in [0, 0.1) is 29.1 Å². The van der Waals surface area contributed by atoms with Gasteiger partial charge in [0.2, 0.25) is 16.3 Å². The van der Waals surface area contributed by atoms with Gasteiger partial charge in [-0.3, -0.25) is 51.6 Å². The Labute approximate surface area is 845 Å². The minimum atomic E-state index is -5.85. The van der Waals surface area contributed by atoms with Crippen LogP contribution in [0.15, 0.2) is 99.7 Å². The molecule has 3 atom stereocenters. The number of carboxylic acid groups (broad SMARTS) is 3. The number of alkyl carbamates (subject to hydrolysis) is 1. The number of carboxylic acids is 3. The summed E-state index contributed by atoms with van der Waals surface area (Å²) in [5.74, 6) is -9.44. The van der Waals surface area contributed by atoms with Gasteiger partial charge in [-0.15, -0.1) is 0 Å². The average molecular weight is 2260 g/mol. The molecule has 16 rings (SSSR count). The number of cyclic esters (lactones) is 2. The lowest BCUT2D eigenvalue weighted by Gasteiger charge is -2.42. The highest BCUT2D eigenvalue weighted by molar-refractivity contribution is 7.73. The maximum absolute atomic E-state index is 15.7. The van der Waals surface area contributed by atoms with Crippen LogP contribution in [-0.4, -0.2) is 270 Å². The minimum Gasteiger partial charge on any atom is -0.488 e. The molecular formula is C86H97ClF5N9O43P6. The third-order valence-corrected chi connectivity index (χ3v) is 38.5. The first-order valence-corrected chi connectivity index (χ1v) is 55.3. The first-order chi connectivity index (χ1) is 69.7. The molecule has 8 heterocycles. The van der Waals surface area contributed by atoms with E-state index in [9.17, 15) is 164 Å². The largest absolute Gasteiger partial charge is 0.510 e. The number of pyridine rings is 3. The zero-order chi connectivity index (χ0) is 110. The molecule has 0 unspecified atom stereocenters. The molecule has 3 amide bonds. The monoisotopic (exact) mass is 2260 g/mol. The number of rotatable bonds is 31. The molecule has 18 N–H and O–H groups in total. The minimum absolute atomic E-state index is 0.00813. The van der Waals surface area contributed by atoms with Crippen LogP contribution in [-0.2, 0) is 60.5 Å². The van der Waals surface area contributed by atoms with E-state index >= 15 is 22.0 Å².